The van der Waals surface area contributed by atoms with E-state index in [1.165, 1.54) is 5.56 Å². The van der Waals surface area contributed by atoms with E-state index in [-0.39, 0.29) is 11.3 Å². The maximum Gasteiger partial charge on any atom is 0.276 e. The molecule has 3 aromatic rings. The van der Waals surface area contributed by atoms with Crippen LogP contribution in [-0.4, -0.2) is 22.8 Å². The first-order chi connectivity index (χ1) is 13.3. The molecule has 2 aromatic carbocycles. The summed E-state index contributed by atoms with van der Waals surface area (Å²) in [5.41, 5.74) is 4.46. The lowest BCUT2D eigenvalue weighted by Crippen LogP contribution is -2.14. The van der Waals surface area contributed by atoms with Crippen LogP contribution in [0.4, 0.5) is 5.69 Å². The number of carbonyl (C=O) groups excluding carboxylic acids is 1. The molecule has 3 rings (SSSR count). The van der Waals surface area contributed by atoms with Gasteiger partial charge in [-0.25, -0.2) is 0 Å². The number of hydrogen-bond donors (Lipinski definition) is 1. The van der Waals surface area contributed by atoms with Crippen LogP contribution in [0, 0.1) is 6.92 Å². The average Bonchev–Trinajstić information content (AvgIpc) is 3.02. The lowest BCUT2D eigenvalue weighted by molar-refractivity contribution is 0.102. The molecule has 0 radical (unpaired) electrons. The molecule has 28 heavy (non-hydrogen) atoms. The molecule has 146 valence electrons. The fraction of sp³-hybridized carbons (Fsp3) is 0.304. The van der Waals surface area contributed by atoms with E-state index in [0.29, 0.717) is 12.2 Å². The van der Waals surface area contributed by atoms with Crippen molar-refractivity contribution < 1.29 is 9.53 Å². The summed E-state index contributed by atoms with van der Waals surface area (Å²) in [7, 11) is 1.65. The van der Waals surface area contributed by atoms with Crippen LogP contribution in [0.1, 0.15) is 48.1 Å². The van der Waals surface area contributed by atoms with Gasteiger partial charge in [-0.2, -0.15) is 5.10 Å². The van der Waals surface area contributed by atoms with Gasteiger partial charge in [-0.3, -0.25) is 9.48 Å². The summed E-state index contributed by atoms with van der Waals surface area (Å²) in [6.07, 6.45) is 0. The summed E-state index contributed by atoms with van der Waals surface area (Å²) >= 11 is 0. The summed E-state index contributed by atoms with van der Waals surface area (Å²) in [5, 5.41) is 7.40. The van der Waals surface area contributed by atoms with Crippen LogP contribution < -0.4 is 10.1 Å². The number of nitrogens with zero attached hydrogens (tertiary/aromatic N) is 2. The summed E-state index contributed by atoms with van der Waals surface area (Å²) in [5.74, 6) is 0.593. The number of benzene rings is 2. The predicted molar refractivity (Wildman–Crippen MR) is 112 cm³/mol. The number of anilines is 1. The van der Waals surface area contributed by atoms with Crippen LogP contribution in [0.25, 0.3) is 0 Å². The molecule has 0 aliphatic heterocycles. The Balaban J connectivity index is 1.72. The van der Waals surface area contributed by atoms with Crippen molar-refractivity contribution in [1.29, 1.82) is 0 Å². The Hall–Kier alpha value is -3.08. The topological polar surface area (TPSA) is 56.2 Å². The number of hydrogen-bond acceptors (Lipinski definition) is 3. The molecule has 1 amide bonds. The fourth-order valence-corrected chi connectivity index (χ4v) is 2.97. The van der Waals surface area contributed by atoms with E-state index in [4.69, 9.17) is 4.74 Å². The Morgan fingerprint density at radius 2 is 1.82 bits per heavy atom. The zero-order chi connectivity index (χ0) is 20.3. The minimum absolute atomic E-state index is 0.0819. The monoisotopic (exact) mass is 377 g/mol. The first kappa shape index (κ1) is 19.7. The van der Waals surface area contributed by atoms with E-state index >= 15 is 0 Å². The van der Waals surface area contributed by atoms with Gasteiger partial charge < -0.3 is 10.1 Å². The SMILES string of the molecule is COc1cccc(Cn2nc(C(=O)Nc3ccc(C(C)(C)C)cc3)cc2C)c1. The molecule has 0 saturated heterocycles. The average molecular weight is 377 g/mol. The van der Waals surface area contributed by atoms with Crippen LogP contribution in [0.2, 0.25) is 0 Å². The lowest BCUT2D eigenvalue weighted by Gasteiger charge is -2.19. The zero-order valence-electron chi connectivity index (χ0n) is 17.1. The highest BCUT2D eigenvalue weighted by atomic mass is 16.5. The molecule has 5 nitrogen and oxygen atoms in total. The quantitative estimate of drug-likeness (QED) is 0.695. The second kappa shape index (κ2) is 7.89. The molecule has 1 heterocycles. The molecular formula is C23H27N3O2. The number of amides is 1. The smallest absolute Gasteiger partial charge is 0.276 e. The molecule has 0 spiro atoms. The summed E-state index contributed by atoms with van der Waals surface area (Å²) in [6.45, 7) is 9.02. The van der Waals surface area contributed by atoms with E-state index in [0.717, 1.165) is 22.7 Å². The van der Waals surface area contributed by atoms with Gasteiger partial charge in [0, 0.05) is 11.4 Å². The van der Waals surface area contributed by atoms with Gasteiger partial charge in [0.2, 0.25) is 0 Å². The van der Waals surface area contributed by atoms with Crippen molar-refractivity contribution in [2.45, 2.75) is 39.7 Å². The molecule has 0 bridgehead atoms. The summed E-state index contributed by atoms with van der Waals surface area (Å²) in [6, 6.07) is 17.6. The van der Waals surface area contributed by atoms with Crippen LogP contribution in [-0.2, 0) is 12.0 Å². The minimum Gasteiger partial charge on any atom is -0.497 e. The molecule has 0 aliphatic carbocycles. The number of rotatable bonds is 5. The Labute approximate surface area is 166 Å². The molecule has 0 aliphatic rings. The number of aryl methyl sites for hydroxylation is 1. The number of nitrogens with one attached hydrogen (secondary N) is 1. The standard InChI is InChI=1S/C23H27N3O2/c1-16-13-21(25-26(16)15-17-7-6-8-20(14-17)28-5)22(27)24-19-11-9-18(10-12-19)23(2,3)4/h6-14H,15H2,1-5H3,(H,24,27). The van der Waals surface area contributed by atoms with Crippen molar-refractivity contribution in [3.63, 3.8) is 0 Å². The third-order valence-corrected chi connectivity index (χ3v) is 4.69. The summed E-state index contributed by atoms with van der Waals surface area (Å²) < 4.78 is 7.09. The van der Waals surface area contributed by atoms with E-state index in [9.17, 15) is 4.79 Å². The molecule has 5 heteroatoms. The number of methoxy groups -OCH3 is 1. The number of carbonyl (C=O) groups is 1. The van der Waals surface area contributed by atoms with Gasteiger partial charge in [0.05, 0.1) is 13.7 Å². The molecular weight excluding hydrogens is 350 g/mol. The Morgan fingerprint density at radius 3 is 2.46 bits per heavy atom. The summed E-state index contributed by atoms with van der Waals surface area (Å²) in [4.78, 5) is 12.6. The van der Waals surface area contributed by atoms with Gasteiger partial charge >= 0.3 is 0 Å². The molecule has 1 N–H and O–H groups in total. The van der Waals surface area contributed by atoms with Crippen LogP contribution in [0.3, 0.4) is 0 Å². The third kappa shape index (κ3) is 4.60. The van der Waals surface area contributed by atoms with Gasteiger partial charge in [0.15, 0.2) is 5.69 Å². The van der Waals surface area contributed by atoms with E-state index in [2.05, 4.69) is 31.2 Å². The maximum atomic E-state index is 12.6. The largest absolute Gasteiger partial charge is 0.497 e. The molecule has 0 saturated carbocycles. The minimum atomic E-state index is -0.212. The van der Waals surface area contributed by atoms with Gasteiger partial charge in [-0.05, 0) is 53.8 Å². The molecule has 1 aromatic heterocycles. The second-order valence-electron chi connectivity index (χ2n) is 7.96. The van der Waals surface area contributed by atoms with Gasteiger partial charge in [0.1, 0.15) is 5.75 Å². The highest BCUT2D eigenvalue weighted by Crippen LogP contribution is 2.23. The van der Waals surface area contributed by atoms with E-state index in [1.54, 1.807) is 13.2 Å². The van der Waals surface area contributed by atoms with E-state index in [1.807, 2.05) is 60.1 Å². The van der Waals surface area contributed by atoms with Crippen LogP contribution in [0.15, 0.2) is 54.6 Å². The lowest BCUT2D eigenvalue weighted by atomic mass is 9.87. The molecule has 0 unspecified atom stereocenters. The van der Waals surface area contributed by atoms with Crippen molar-refractivity contribution in [2.24, 2.45) is 0 Å². The normalized spacial score (nSPS) is 11.3. The van der Waals surface area contributed by atoms with Gasteiger partial charge in [-0.1, -0.05) is 45.0 Å². The van der Waals surface area contributed by atoms with E-state index < -0.39 is 0 Å². The van der Waals surface area contributed by atoms with Crippen molar-refractivity contribution in [3.8, 4) is 5.75 Å². The number of ether oxygens (including phenoxy) is 1. The first-order valence-corrected chi connectivity index (χ1v) is 9.35. The highest BCUT2D eigenvalue weighted by Gasteiger charge is 2.15. The highest BCUT2D eigenvalue weighted by molar-refractivity contribution is 6.02. The maximum absolute atomic E-state index is 12.6. The van der Waals surface area contributed by atoms with Crippen molar-refractivity contribution in [3.05, 3.63) is 77.1 Å². The first-order valence-electron chi connectivity index (χ1n) is 9.35. The second-order valence-corrected chi connectivity index (χ2v) is 7.96. The Morgan fingerprint density at radius 1 is 1.11 bits per heavy atom. The van der Waals surface area contributed by atoms with Crippen molar-refractivity contribution in [2.75, 3.05) is 12.4 Å². The molecule has 0 atom stereocenters. The van der Waals surface area contributed by atoms with Crippen LogP contribution in [0.5, 0.6) is 5.75 Å². The van der Waals surface area contributed by atoms with Gasteiger partial charge in [-0.15, -0.1) is 0 Å². The Kier molecular flexibility index (Phi) is 5.54. The number of aromatic nitrogens is 2. The van der Waals surface area contributed by atoms with Crippen molar-refractivity contribution >= 4 is 11.6 Å². The zero-order valence-corrected chi connectivity index (χ0v) is 17.1. The van der Waals surface area contributed by atoms with Gasteiger partial charge in [0.25, 0.3) is 5.91 Å². The van der Waals surface area contributed by atoms with Crippen molar-refractivity contribution in [1.82, 2.24) is 9.78 Å². The van der Waals surface area contributed by atoms with Crippen LogP contribution >= 0.6 is 0 Å². The fourth-order valence-electron chi connectivity index (χ4n) is 2.97. The molecule has 0 fully saturated rings. The third-order valence-electron chi connectivity index (χ3n) is 4.69. The predicted octanol–water partition coefficient (Wildman–Crippen LogP) is 4.80. The Bertz CT molecular complexity index is 966.